The summed E-state index contributed by atoms with van der Waals surface area (Å²) in [6, 6.07) is 73.6. The van der Waals surface area contributed by atoms with Crippen LogP contribution in [0, 0.1) is 5.92 Å². The van der Waals surface area contributed by atoms with Crippen molar-refractivity contribution in [2.75, 3.05) is 0 Å². The molecule has 0 fully saturated rings. The highest BCUT2D eigenvalue weighted by atomic mass is 32.1. The zero-order valence-electron chi connectivity index (χ0n) is 55.5. The average molecular weight is 1270 g/mol. The second-order valence-corrected chi connectivity index (χ2v) is 30.2. The maximum absolute atomic E-state index is 4.89. The van der Waals surface area contributed by atoms with Crippen molar-refractivity contribution < 1.29 is 0 Å². The highest BCUT2D eigenvalue weighted by Crippen LogP contribution is 2.55. The number of hydrogen-bond acceptors (Lipinski definition) is 2. The molecule has 0 aliphatic heterocycles. The van der Waals surface area contributed by atoms with Gasteiger partial charge in [-0.2, -0.15) is 0 Å². The smallest absolute Gasteiger partial charge is 0.0361 e. The van der Waals surface area contributed by atoms with Crippen molar-refractivity contribution in [3.63, 3.8) is 0 Å². The fraction of sp³-hybridized carbons (Fsp3) is 0.128. The maximum Gasteiger partial charge on any atom is 0.0361 e. The van der Waals surface area contributed by atoms with Crippen molar-refractivity contribution in [2.45, 2.75) is 71.6 Å². The first-order chi connectivity index (χ1) is 46.7. The van der Waals surface area contributed by atoms with Crippen LogP contribution in [0.3, 0.4) is 0 Å². The van der Waals surface area contributed by atoms with E-state index in [2.05, 4.69) is 316 Å². The second-order valence-electron chi connectivity index (χ2n) is 28.1. The van der Waals surface area contributed by atoms with Crippen molar-refractivity contribution in [3.05, 3.63) is 336 Å². The fourth-order valence-corrected chi connectivity index (χ4v) is 19.0. The Labute approximate surface area is 571 Å². The quantitative estimate of drug-likeness (QED) is 0.0650. The topological polar surface area (TPSA) is 0 Å². The van der Waals surface area contributed by atoms with Gasteiger partial charge in [0.2, 0.25) is 0 Å². The Hall–Kier alpha value is -10.2. The van der Waals surface area contributed by atoms with Gasteiger partial charge >= 0.3 is 0 Å². The van der Waals surface area contributed by atoms with Crippen LogP contribution < -0.4 is 0 Å². The van der Waals surface area contributed by atoms with Crippen molar-refractivity contribution >= 4 is 139 Å². The summed E-state index contributed by atoms with van der Waals surface area (Å²) < 4.78 is 5.28. The SMILES string of the molecule is C=CC(/C=C\C(=C)c1ccc2c(c1)sc1cc3ccc4c(c3cc12)C(C)(C)/C(=C/C=C(\C)c1c2ccccc2c(/C(C)=C/C=C2/C=CC=CC2)c2ccccc12)C4)CC(=C)c1c2ccccc2c(-c2ccc3c(c2)-c2cc4c(cc2C3(C)C)sc2ccccc24)c2ccccc12. The predicted octanol–water partition coefficient (Wildman–Crippen LogP) is 27.3. The van der Waals surface area contributed by atoms with Crippen LogP contribution in [-0.4, -0.2) is 0 Å². The molecule has 0 spiro atoms. The molecule has 1 unspecified atom stereocenters. The molecule has 0 N–H and O–H groups in total. The van der Waals surface area contributed by atoms with E-state index in [0.29, 0.717) is 0 Å². The molecule has 2 heteroatoms. The van der Waals surface area contributed by atoms with Gasteiger partial charge < -0.3 is 0 Å². The molecule has 96 heavy (non-hydrogen) atoms. The Morgan fingerprint density at radius 1 is 0.500 bits per heavy atom. The van der Waals surface area contributed by atoms with Gasteiger partial charge in [-0.25, -0.2) is 0 Å². The van der Waals surface area contributed by atoms with Gasteiger partial charge in [-0.3, -0.25) is 0 Å². The third-order valence-corrected chi connectivity index (χ3v) is 23.9. The Balaban J connectivity index is 0.643. The molecule has 0 radical (unpaired) electrons. The number of hydrogen-bond donors (Lipinski definition) is 0. The third kappa shape index (κ3) is 9.58. The molecule has 0 bridgehead atoms. The molecule has 1 atom stereocenters. The number of fused-ring (bicyclic) bond motifs is 16. The van der Waals surface area contributed by atoms with E-state index in [0.717, 1.165) is 36.0 Å². The van der Waals surface area contributed by atoms with Gasteiger partial charge in [0.15, 0.2) is 0 Å². The first-order valence-electron chi connectivity index (χ1n) is 33.9. The van der Waals surface area contributed by atoms with E-state index in [-0.39, 0.29) is 16.7 Å². The van der Waals surface area contributed by atoms with E-state index >= 15 is 0 Å². The minimum absolute atomic E-state index is 0.0427. The van der Waals surface area contributed by atoms with Gasteiger partial charge in [0.25, 0.3) is 0 Å². The average Bonchev–Trinajstić information content (AvgIpc) is 1.47. The van der Waals surface area contributed by atoms with Crippen molar-refractivity contribution in [1.29, 1.82) is 0 Å². The summed E-state index contributed by atoms with van der Waals surface area (Å²) >= 11 is 3.78. The summed E-state index contributed by atoms with van der Waals surface area (Å²) in [4.78, 5) is 0. The number of allylic oxidation sites excluding steroid dienone is 17. The molecule has 3 aliphatic rings. The molecule has 17 rings (SSSR count). The van der Waals surface area contributed by atoms with Crippen LogP contribution in [0.2, 0.25) is 0 Å². The van der Waals surface area contributed by atoms with Crippen molar-refractivity contribution in [2.24, 2.45) is 5.92 Å². The molecule has 2 aromatic heterocycles. The Bertz CT molecular complexity index is 5880. The van der Waals surface area contributed by atoms with Crippen molar-refractivity contribution in [3.8, 4) is 22.3 Å². The van der Waals surface area contributed by atoms with Crippen LogP contribution in [0.15, 0.2) is 292 Å². The van der Waals surface area contributed by atoms with E-state index in [1.54, 1.807) is 0 Å². The zero-order valence-corrected chi connectivity index (χ0v) is 57.1. The lowest BCUT2D eigenvalue weighted by molar-refractivity contribution is 0.649. The summed E-state index contributed by atoms with van der Waals surface area (Å²) in [7, 11) is 0. The molecule has 12 aromatic carbocycles. The summed E-state index contributed by atoms with van der Waals surface area (Å²) in [5, 5.41) is 18.0. The first kappa shape index (κ1) is 59.5. The highest BCUT2D eigenvalue weighted by molar-refractivity contribution is 7.26. The lowest BCUT2D eigenvalue weighted by atomic mass is 9.80. The summed E-state index contributed by atoms with van der Waals surface area (Å²) in [6.07, 6.45) is 27.3. The number of rotatable bonds is 12. The molecule has 462 valence electrons. The normalized spacial score (nSPS) is 16.3. The van der Waals surface area contributed by atoms with Gasteiger partial charge in [-0.1, -0.05) is 265 Å². The van der Waals surface area contributed by atoms with Crippen LogP contribution in [0.25, 0.3) is 139 Å². The Morgan fingerprint density at radius 3 is 1.73 bits per heavy atom. The number of thiophene rings is 2. The largest absolute Gasteiger partial charge is 0.135 e. The van der Waals surface area contributed by atoms with Crippen LogP contribution >= 0.6 is 22.7 Å². The minimum atomic E-state index is -0.165. The molecule has 0 saturated heterocycles. The van der Waals surface area contributed by atoms with E-state index in [1.807, 2.05) is 22.7 Å². The Kier molecular flexibility index (Phi) is 14.3. The molecular formula is C94H74S2. The summed E-state index contributed by atoms with van der Waals surface area (Å²) in [6.45, 7) is 28.2. The second kappa shape index (κ2) is 23.0. The molecule has 0 nitrogen and oxygen atoms in total. The minimum Gasteiger partial charge on any atom is -0.135 e. The fourth-order valence-electron chi connectivity index (χ4n) is 16.7. The molecule has 3 aliphatic carbocycles. The van der Waals surface area contributed by atoms with E-state index in [4.69, 9.17) is 6.58 Å². The maximum atomic E-state index is 4.89. The summed E-state index contributed by atoms with van der Waals surface area (Å²) in [5.41, 5.74) is 22.9. The lowest BCUT2D eigenvalue weighted by Crippen LogP contribution is -2.15. The van der Waals surface area contributed by atoms with Gasteiger partial charge in [0, 0.05) is 51.2 Å². The molecular weight excluding hydrogens is 1190 g/mol. The van der Waals surface area contributed by atoms with Gasteiger partial charge in [-0.05, 0) is 230 Å². The van der Waals surface area contributed by atoms with Gasteiger partial charge in [0.05, 0.1) is 0 Å². The summed E-state index contributed by atoms with van der Waals surface area (Å²) in [5.74, 6) is 0.0427. The van der Waals surface area contributed by atoms with Crippen molar-refractivity contribution in [1.82, 2.24) is 0 Å². The standard InChI is InChI=1S/C94H74S2/c1-10-60(48-59(5)90-73-31-18-20-33-75(73)91(76-34-21-19-32-74(76)90)64-44-47-82-78(50-64)79-54-81-67-26-22-23-35-84(67)95-87(81)55-83(79)94(82,8)9)39-36-56(2)62-43-46-68-80-53-77-63(52-86(80)96-85(68)51-62)41-42-65-49-66(93(6,7)92(65)77)45-38-58(4)89-71-29-16-14-27-69(71)88(70-28-15-17-30-72(70)89)57(3)37-40-61-24-12-11-13-25-61/h10-24,26-47,50-55,60H,1-2,5,25,48-49H2,3-4,6-9H3/b39-36-,57-37+,58-38+,61-40-,66-45+. The van der Waals surface area contributed by atoms with E-state index in [9.17, 15) is 0 Å². The lowest BCUT2D eigenvalue weighted by Gasteiger charge is -2.24. The van der Waals surface area contributed by atoms with Crippen LogP contribution in [0.1, 0.15) is 98.9 Å². The van der Waals surface area contributed by atoms with Crippen LogP contribution in [-0.2, 0) is 17.3 Å². The van der Waals surface area contributed by atoms with Crippen LogP contribution in [0.5, 0.6) is 0 Å². The first-order valence-corrected chi connectivity index (χ1v) is 35.5. The number of benzene rings is 12. The third-order valence-electron chi connectivity index (χ3n) is 21.7. The monoisotopic (exact) mass is 1270 g/mol. The molecule has 0 saturated carbocycles. The molecule has 14 aromatic rings. The van der Waals surface area contributed by atoms with E-state index in [1.165, 1.54) is 178 Å². The molecule has 0 amide bonds. The predicted molar refractivity (Wildman–Crippen MR) is 424 cm³/mol. The van der Waals surface area contributed by atoms with Gasteiger partial charge in [-0.15, -0.1) is 29.3 Å². The van der Waals surface area contributed by atoms with Gasteiger partial charge in [0.1, 0.15) is 0 Å². The van der Waals surface area contributed by atoms with E-state index < -0.39 is 0 Å². The molecule has 2 heterocycles. The highest BCUT2D eigenvalue weighted by Gasteiger charge is 2.38. The van der Waals surface area contributed by atoms with Crippen LogP contribution in [0.4, 0.5) is 0 Å². The zero-order chi connectivity index (χ0) is 65.3. The Morgan fingerprint density at radius 2 is 1.07 bits per heavy atom.